The highest BCUT2D eigenvalue weighted by Gasteiger charge is 2.44. The van der Waals surface area contributed by atoms with E-state index in [1.54, 1.807) is 30.0 Å². The normalized spacial score (nSPS) is 19.8. The van der Waals surface area contributed by atoms with Crippen molar-refractivity contribution in [2.24, 2.45) is 5.92 Å². The minimum absolute atomic E-state index is 0.0300. The number of nitrogens with one attached hydrogen (secondary N) is 1. The molecule has 1 amide bonds. The summed E-state index contributed by atoms with van der Waals surface area (Å²) in [5.74, 6) is -0.389. The van der Waals surface area contributed by atoms with Gasteiger partial charge >= 0.3 is 0 Å². The topological polar surface area (TPSA) is 63.7 Å². The largest absolute Gasteiger partial charge is 0.383 e. The minimum atomic E-state index is -0.404. The summed E-state index contributed by atoms with van der Waals surface area (Å²) in [6.07, 6.45) is 2.20. The molecule has 3 heterocycles. The van der Waals surface area contributed by atoms with Crippen LogP contribution in [0, 0.1) is 11.7 Å². The first-order chi connectivity index (χ1) is 15.0. The van der Waals surface area contributed by atoms with E-state index in [2.05, 4.69) is 22.1 Å². The van der Waals surface area contributed by atoms with Crippen molar-refractivity contribution in [1.29, 1.82) is 0 Å². The maximum atomic E-state index is 13.9. The summed E-state index contributed by atoms with van der Waals surface area (Å²) >= 11 is 1.55. The van der Waals surface area contributed by atoms with Gasteiger partial charge in [-0.15, -0.1) is 11.3 Å². The number of carbonyl (C=O) groups excluding carboxylic acids is 1. The predicted octanol–water partition coefficient (Wildman–Crippen LogP) is 3.11. The molecule has 2 unspecified atom stereocenters. The van der Waals surface area contributed by atoms with Gasteiger partial charge in [-0.3, -0.25) is 9.69 Å². The number of likely N-dealkylation sites (tertiary alicyclic amines) is 1. The van der Waals surface area contributed by atoms with Crippen LogP contribution < -0.4 is 5.32 Å². The van der Waals surface area contributed by atoms with Crippen molar-refractivity contribution >= 4 is 17.2 Å². The first-order valence-corrected chi connectivity index (χ1v) is 11.8. The van der Waals surface area contributed by atoms with Gasteiger partial charge in [0.25, 0.3) is 0 Å². The minimum Gasteiger partial charge on any atom is -0.383 e. The fourth-order valence-corrected chi connectivity index (χ4v) is 5.38. The number of amides is 1. The summed E-state index contributed by atoms with van der Waals surface area (Å²) in [5, 5.41) is 5.01. The van der Waals surface area contributed by atoms with Crippen molar-refractivity contribution in [2.75, 3.05) is 33.4 Å². The van der Waals surface area contributed by atoms with Crippen molar-refractivity contribution < 1.29 is 18.7 Å². The second-order valence-electron chi connectivity index (χ2n) is 8.44. The van der Waals surface area contributed by atoms with Gasteiger partial charge < -0.3 is 14.8 Å². The molecule has 8 heteroatoms. The second-order valence-corrected chi connectivity index (χ2v) is 9.15. The summed E-state index contributed by atoms with van der Waals surface area (Å²) in [7, 11) is 1.63. The number of methoxy groups -OCH3 is 1. The molecule has 2 aromatic rings. The SMILES string of the molecule is COCCNC(=O)C(Cc1cscn1)C(C)N1CCC2(CC1)OCc1ccc(F)cc12. The average molecular weight is 448 g/mol. The Kier molecular flexibility index (Phi) is 7.01. The van der Waals surface area contributed by atoms with Crippen LogP contribution in [-0.4, -0.2) is 55.2 Å². The van der Waals surface area contributed by atoms with Gasteiger partial charge in [-0.05, 0) is 43.0 Å². The van der Waals surface area contributed by atoms with E-state index in [9.17, 15) is 9.18 Å². The van der Waals surface area contributed by atoms with Crippen molar-refractivity contribution in [3.63, 3.8) is 0 Å². The van der Waals surface area contributed by atoms with E-state index in [0.717, 1.165) is 42.8 Å². The third kappa shape index (κ3) is 4.82. The number of halogens is 1. The summed E-state index contributed by atoms with van der Waals surface area (Å²) in [4.78, 5) is 19.7. The second kappa shape index (κ2) is 9.73. The fraction of sp³-hybridized carbons (Fsp3) is 0.565. The van der Waals surface area contributed by atoms with Crippen molar-refractivity contribution in [2.45, 2.75) is 44.4 Å². The Bertz CT molecular complexity index is 884. The molecule has 168 valence electrons. The Balaban J connectivity index is 1.44. The molecular formula is C23H30FN3O3S. The molecule has 31 heavy (non-hydrogen) atoms. The smallest absolute Gasteiger partial charge is 0.225 e. The number of hydrogen-bond acceptors (Lipinski definition) is 6. The van der Waals surface area contributed by atoms with Crippen LogP contribution in [0.2, 0.25) is 0 Å². The van der Waals surface area contributed by atoms with E-state index in [-0.39, 0.29) is 23.7 Å². The summed E-state index contributed by atoms with van der Waals surface area (Å²) < 4.78 is 25.2. The number of hydrogen-bond donors (Lipinski definition) is 1. The Labute approximate surface area is 186 Å². The summed E-state index contributed by atoms with van der Waals surface area (Å²) in [6.45, 7) is 5.25. The molecule has 2 aliphatic rings. The highest BCUT2D eigenvalue weighted by Crippen LogP contribution is 2.44. The quantitative estimate of drug-likeness (QED) is 0.630. The van der Waals surface area contributed by atoms with Crippen LogP contribution in [0.3, 0.4) is 0 Å². The molecule has 1 N–H and O–H groups in total. The standard InChI is InChI=1S/C23H30FN3O3S/c1-16(20(12-19-14-31-15-26-19)22(28)25-7-10-29-2)27-8-5-23(6-9-27)21-11-18(24)4-3-17(21)13-30-23/h3-4,11,14-16,20H,5-10,12-13H2,1-2H3,(H,25,28). The maximum Gasteiger partial charge on any atom is 0.225 e. The van der Waals surface area contributed by atoms with Gasteiger partial charge in [-0.2, -0.15) is 0 Å². The number of aromatic nitrogens is 1. The highest BCUT2D eigenvalue weighted by atomic mass is 32.1. The third-order valence-corrected chi connectivity index (χ3v) is 7.32. The van der Waals surface area contributed by atoms with E-state index < -0.39 is 5.60 Å². The van der Waals surface area contributed by atoms with Crippen LogP contribution in [0.5, 0.6) is 0 Å². The number of rotatable bonds is 8. The number of nitrogens with zero attached hydrogens (tertiary/aromatic N) is 2. The predicted molar refractivity (Wildman–Crippen MR) is 117 cm³/mol. The molecule has 2 aliphatic heterocycles. The van der Waals surface area contributed by atoms with Gasteiger partial charge in [-0.1, -0.05) is 6.07 Å². The Hall–Kier alpha value is -1.87. The molecular weight excluding hydrogens is 417 g/mol. The molecule has 1 aromatic heterocycles. The molecule has 1 fully saturated rings. The van der Waals surface area contributed by atoms with Crippen LogP contribution in [-0.2, 0) is 32.9 Å². The number of benzene rings is 1. The van der Waals surface area contributed by atoms with Crippen LogP contribution in [0.4, 0.5) is 4.39 Å². The number of carbonyl (C=O) groups is 1. The molecule has 1 saturated heterocycles. The molecule has 0 bridgehead atoms. The maximum absolute atomic E-state index is 13.9. The Morgan fingerprint density at radius 1 is 1.42 bits per heavy atom. The lowest BCUT2D eigenvalue weighted by Crippen LogP contribution is -2.52. The van der Waals surface area contributed by atoms with E-state index in [1.807, 2.05) is 11.4 Å². The third-order valence-electron chi connectivity index (χ3n) is 6.69. The number of piperidine rings is 1. The molecule has 0 aliphatic carbocycles. The molecule has 0 saturated carbocycles. The molecule has 1 aromatic carbocycles. The van der Waals surface area contributed by atoms with Crippen LogP contribution >= 0.6 is 11.3 Å². The zero-order valence-electron chi connectivity index (χ0n) is 18.1. The van der Waals surface area contributed by atoms with Crippen LogP contribution in [0.1, 0.15) is 36.6 Å². The zero-order chi connectivity index (χ0) is 21.8. The lowest BCUT2D eigenvalue weighted by molar-refractivity contribution is -0.129. The first-order valence-electron chi connectivity index (χ1n) is 10.8. The number of thiazole rings is 1. The van der Waals surface area contributed by atoms with Crippen molar-refractivity contribution in [1.82, 2.24) is 15.2 Å². The van der Waals surface area contributed by atoms with E-state index in [4.69, 9.17) is 9.47 Å². The van der Waals surface area contributed by atoms with Crippen LogP contribution in [0.25, 0.3) is 0 Å². The van der Waals surface area contributed by atoms with Gasteiger partial charge in [0.15, 0.2) is 0 Å². The van der Waals surface area contributed by atoms with Crippen molar-refractivity contribution in [3.8, 4) is 0 Å². The van der Waals surface area contributed by atoms with Gasteiger partial charge in [0, 0.05) is 44.6 Å². The summed E-state index contributed by atoms with van der Waals surface area (Å²) in [6, 6.07) is 5.03. The van der Waals surface area contributed by atoms with Crippen LogP contribution in [0.15, 0.2) is 29.1 Å². The fourth-order valence-electron chi connectivity index (χ4n) is 4.81. The highest BCUT2D eigenvalue weighted by molar-refractivity contribution is 7.07. The Morgan fingerprint density at radius 3 is 2.94 bits per heavy atom. The van der Waals surface area contributed by atoms with E-state index in [0.29, 0.717) is 26.2 Å². The number of ether oxygens (including phenoxy) is 2. The van der Waals surface area contributed by atoms with Crippen molar-refractivity contribution in [3.05, 3.63) is 51.7 Å². The molecule has 1 spiro atoms. The van der Waals surface area contributed by atoms with E-state index in [1.165, 1.54) is 6.07 Å². The Morgan fingerprint density at radius 2 is 2.23 bits per heavy atom. The average Bonchev–Trinajstić information content (AvgIpc) is 3.41. The first kappa shape index (κ1) is 22.3. The lowest BCUT2D eigenvalue weighted by atomic mass is 9.82. The van der Waals surface area contributed by atoms with Gasteiger partial charge in [0.05, 0.1) is 35.9 Å². The van der Waals surface area contributed by atoms with Gasteiger partial charge in [0.2, 0.25) is 5.91 Å². The van der Waals surface area contributed by atoms with Gasteiger partial charge in [0.1, 0.15) is 5.82 Å². The molecule has 4 rings (SSSR count). The van der Waals surface area contributed by atoms with Gasteiger partial charge in [-0.25, -0.2) is 9.37 Å². The summed E-state index contributed by atoms with van der Waals surface area (Å²) in [5.41, 5.74) is 4.43. The zero-order valence-corrected chi connectivity index (χ0v) is 18.9. The molecule has 2 atom stereocenters. The van der Waals surface area contributed by atoms with E-state index >= 15 is 0 Å². The monoisotopic (exact) mass is 447 g/mol. The lowest BCUT2D eigenvalue weighted by Gasteiger charge is -2.43. The molecule has 6 nitrogen and oxygen atoms in total. The molecule has 0 radical (unpaired) electrons. The number of fused-ring (bicyclic) bond motifs is 2.